The summed E-state index contributed by atoms with van der Waals surface area (Å²) >= 11 is 0. The number of carbonyl (C=O) groups excluding carboxylic acids is 1. The molecule has 1 aliphatic carbocycles. The summed E-state index contributed by atoms with van der Waals surface area (Å²) in [7, 11) is 1.65. The minimum atomic E-state index is -4.92. The predicted molar refractivity (Wildman–Crippen MR) is 196 cm³/mol. The van der Waals surface area contributed by atoms with E-state index in [9.17, 15) is 31.1 Å². The van der Waals surface area contributed by atoms with E-state index in [-0.39, 0.29) is 48.4 Å². The number of halogens is 6. The first-order valence-electron chi connectivity index (χ1n) is 19.5. The monoisotopic (exact) mass is 783 g/mol. The topological polar surface area (TPSA) is 82.4 Å². The van der Waals surface area contributed by atoms with Crippen molar-refractivity contribution in [2.24, 2.45) is 24.8 Å². The summed E-state index contributed by atoms with van der Waals surface area (Å²) in [5, 5.41) is 12.6. The number of alkyl halides is 6. The van der Waals surface area contributed by atoms with Gasteiger partial charge in [0.25, 0.3) is 0 Å². The van der Waals surface area contributed by atoms with Gasteiger partial charge >= 0.3 is 18.3 Å². The van der Waals surface area contributed by atoms with Crippen molar-refractivity contribution in [1.29, 1.82) is 0 Å². The maximum atomic E-state index is 13.8. The van der Waals surface area contributed by atoms with E-state index in [1.54, 1.807) is 7.05 Å². The van der Waals surface area contributed by atoms with Gasteiger partial charge in [0.1, 0.15) is 6.61 Å². The summed E-state index contributed by atoms with van der Waals surface area (Å²) in [4.78, 5) is 16.5. The average molecular weight is 784 g/mol. The Bertz CT molecular complexity index is 1930. The average Bonchev–Trinajstić information content (AvgIpc) is 3.77. The molecule has 3 aliphatic rings. The van der Waals surface area contributed by atoms with Crippen LogP contribution >= 0.6 is 0 Å². The zero-order chi connectivity index (χ0) is 39.5. The van der Waals surface area contributed by atoms with E-state index in [0.717, 1.165) is 91.7 Å². The predicted octanol–water partition coefficient (Wildman–Crippen LogP) is 9.39. The zero-order valence-electron chi connectivity index (χ0n) is 31.4. The molecule has 3 heterocycles. The molecule has 3 aromatic carbocycles. The molecule has 1 fully saturated rings. The first kappa shape index (κ1) is 39.8. The second-order valence-corrected chi connectivity index (χ2v) is 15.7. The van der Waals surface area contributed by atoms with Crippen LogP contribution in [0.1, 0.15) is 102 Å². The molecule has 14 heteroatoms. The highest BCUT2D eigenvalue weighted by Crippen LogP contribution is 2.45. The molecule has 1 unspecified atom stereocenters. The molecule has 7 rings (SSSR count). The van der Waals surface area contributed by atoms with Crippen molar-refractivity contribution in [1.82, 2.24) is 20.2 Å². The van der Waals surface area contributed by atoms with Crippen molar-refractivity contribution in [3.63, 3.8) is 0 Å². The van der Waals surface area contributed by atoms with Crippen LogP contribution in [0, 0.1) is 17.8 Å². The van der Waals surface area contributed by atoms with Crippen molar-refractivity contribution in [3.8, 4) is 0 Å². The molecular formula is C42H47F6N5O3. The van der Waals surface area contributed by atoms with Crippen LogP contribution in [0.3, 0.4) is 0 Å². The number of hydrogen-bond donors (Lipinski definition) is 0. The number of aryl methyl sites for hydroxylation is 2. The summed E-state index contributed by atoms with van der Waals surface area (Å²) in [6, 6.07) is 15.9. The summed E-state index contributed by atoms with van der Waals surface area (Å²) in [6.45, 7) is 2.93. The normalized spacial score (nSPS) is 20.6. The molecule has 0 radical (unpaired) electrons. The van der Waals surface area contributed by atoms with E-state index < -0.39 is 23.5 Å². The molecule has 0 saturated heterocycles. The Morgan fingerprint density at radius 3 is 2.21 bits per heavy atom. The number of aromatic nitrogens is 4. The van der Waals surface area contributed by atoms with Crippen molar-refractivity contribution in [2.75, 3.05) is 18.0 Å². The van der Waals surface area contributed by atoms with Gasteiger partial charge in [0.05, 0.1) is 31.4 Å². The van der Waals surface area contributed by atoms with Crippen molar-refractivity contribution >= 4 is 11.7 Å². The molecule has 1 aromatic heterocycles. The molecular weight excluding hydrogens is 736 g/mol. The SMILES string of the molecule is Cn1nnc(CC(CCc2cc(C(F)(F)F)cc(C(F)(F)F)c2)[C@H]2CCCN(CC3CCC(CC(=O)OCc4ccccc4)CC3)c3cc4c(cc32)COC4)n1. The van der Waals surface area contributed by atoms with Gasteiger partial charge in [-0.25, -0.2) is 0 Å². The Morgan fingerprint density at radius 2 is 1.55 bits per heavy atom. The van der Waals surface area contributed by atoms with E-state index in [4.69, 9.17) is 9.47 Å². The van der Waals surface area contributed by atoms with Crippen LogP contribution in [0.15, 0.2) is 60.7 Å². The van der Waals surface area contributed by atoms with Crippen molar-refractivity contribution in [3.05, 3.63) is 105 Å². The molecule has 2 atom stereocenters. The number of rotatable bonds is 12. The summed E-state index contributed by atoms with van der Waals surface area (Å²) in [5.74, 6) is 0.778. The van der Waals surface area contributed by atoms with Crippen LogP contribution in [0.4, 0.5) is 32.0 Å². The highest BCUT2D eigenvalue weighted by atomic mass is 19.4. The molecule has 8 nitrogen and oxygen atoms in total. The van der Waals surface area contributed by atoms with Crippen LogP contribution in [0.2, 0.25) is 0 Å². The third-order valence-corrected chi connectivity index (χ3v) is 11.7. The van der Waals surface area contributed by atoms with Gasteiger partial charge in [0, 0.05) is 31.6 Å². The lowest BCUT2D eigenvalue weighted by molar-refractivity contribution is -0.146. The highest BCUT2D eigenvalue weighted by Gasteiger charge is 2.38. The number of benzene rings is 3. The molecule has 0 N–H and O–H groups in total. The van der Waals surface area contributed by atoms with Crippen LogP contribution < -0.4 is 4.90 Å². The maximum Gasteiger partial charge on any atom is 0.416 e. The van der Waals surface area contributed by atoms with Gasteiger partial charge in [-0.15, -0.1) is 10.2 Å². The third kappa shape index (κ3) is 9.91. The van der Waals surface area contributed by atoms with Gasteiger partial charge in [-0.05, 0) is 132 Å². The Kier molecular flexibility index (Phi) is 12.0. The second-order valence-electron chi connectivity index (χ2n) is 15.7. The Balaban J connectivity index is 1.09. The number of tetrazole rings is 1. The maximum absolute atomic E-state index is 13.8. The van der Waals surface area contributed by atoms with Gasteiger partial charge in [-0.3, -0.25) is 4.79 Å². The number of carbonyl (C=O) groups is 1. The fraction of sp³-hybridized carbons (Fsp3) is 0.524. The number of fused-ring (bicyclic) bond motifs is 2. The van der Waals surface area contributed by atoms with Gasteiger partial charge in [-0.1, -0.05) is 36.4 Å². The highest BCUT2D eigenvalue weighted by molar-refractivity contribution is 5.69. The van der Waals surface area contributed by atoms with Crippen LogP contribution in [-0.2, 0) is 66.3 Å². The smallest absolute Gasteiger partial charge is 0.416 e. The van der Waals surface area contributed by atoms with Crippen LogP contribution in [-0.4, -0.2) is 39.3 Å². The lowest BCUT2D eigenvalue weighted by Crippen LogP contribution is -2.33. The minimum absolute atomic E-state index is 0.0119. The molecule has 2 aliphatic heterocycles. The van der Waals surface area contributed by atoms with E-state index in [1.165, 1.54) is 4.80 Å². The standard InChI is InChI=1S/C42H47F6N5O3/c1-52-50-39(49-51-52)21-31(14-13-30-16-34(41(43,44)45)22-35(17-30)42(46,47)48)36-8-5-15-53(38-20-33-26-55-25-32(33)19-37(36)38)23-28-11-9-27(10-12-28)18-40(54)56-24-29-6-3-2-4-7-29/h2-4,6-7,16-17,19-20,22,27-28,31,36H,5,8-15,18,21,23-26H2,1H3/t27?,28?,31?,36-/m1/s1. The molecule has 0 amide bonds. The molecule has 300 valence electrons. The molecule has 56 heavy (non-hydrogen) atoms. The van der Waals surface area contributed by atoms with Crippen molar-refractivity contribution < 1.29 is 40.6 Å². The lowest BCUT2D eigenvalue weighted by Gasteiger charge is -2.35. The molecule has 0 bridgehead atoms. The minimum Gasteiger partial charge on any atom is -0.461 e. The van der Waals surface area contributed by atoms with Gasteiger partial charge in [0.15, 0.2) is 5.82 Å². The fourth-order valence-corrected chi connectivity index (χ4v) is 8.83. The number of hydrogen-bond acceptors (Lipinski definition) is 7. The lowest BCUT2D eigenvalue weighted by atomic mass is 9.77. The van der Waals surface area contributed by atoms with Crippen LogP contribution in [0.5, 0.6) is 0 Å². The van der Waals surface area contributed by atoms with Crippen LogP contribution in [0.25, 0.3) is 0 Å². The number of ether oxygens (including phenoxy) is 2. The largest absolute Gasteiger partial charge is 0.461 e. The van der Waals surface area contributed by atoms with Gasteiger partial charge in [0.2, 0.25) is 0 Å². The van der Waals surface area contributed by atoms with Crippen molar-refractivity contribution in [2.45, 2.75) is 102 Å². The zero-order valence-corrected chi connectivity index (χ0v) is 31.4. The summed E-state index contributed by atoms with van der Waals surface area (Å²) in [6.07, 6.45) is -3.17. The first-order chi connectivity index (χ1) is 26.8. The van der Waals surface area contributed by atoms with E-state index in [0.29, 0.717) is 44.2 Å². The summed E-state index contributed by atoms with van der Waals surface area (Å²) in [5.41, 5.74) is 2.79. The number of nitrogens with zero attached hydrogens (tertiary/aromatic N) is 5. The van der Waals surface area contributed by atoms with E-state index >= 15 is 0 Å². The summed E-state index contributed by atoms with van der Waals surface area (Å²) < 4.78 is 94.0. The quantitative estimate of drug-likeness (QED) is 0.105. The second kappa shape index (κ2) is 17.0. The molecule has 4 aromatic rings. The molecule has 0 spiro atoms. The van der Waals surface area contributed by atoms with Gasteiger partial charge < -0.3 is 14.4 Å². The van der Waals surface area contributed by atoms with Gasteiger partial charge in [-0.2, -0.15) is 31.1 Å². The van der Waals surface area contributed by atoms with E-state index in [2.05, 4.69) is 32.4 Å². The Hall–Kier alpha value is -4.46. The Morgan fingerprint density at radius 1 is 0.875 bits per heavy atom. The Labute approximate surface area is 322 Å². The third-order valence-electron chi connectivity index (χ3n) is 11.7. The number of anilines is 1. The first-order valence-corrected chi connectivity index (χ1v) is 19.5. The fourth-order valence-electron chi connectivity index (χ4n) is 8.83. The van der Waals surface area contributed by atoms with E-state index in [1.807, 2.05) is 30.3 Å². The molecule has 1 saturated carbocycles. The number of esters is 1.